The van der Waals surface area contributed by atoms with Gasteiger partial charge < -0.3 is 4.74 Å². The summed E-state index contributed by atoms with van der Waals surface area (Å²) < 4.78 is 4.80. The highest BCUT2D eigenvalue weighted by atomic mass is 32.2. The molecule has 0 N–H and O–H groups in total. The number of carbonyl (C=O) groups excluding carboxylic acids is 2. The molecule has 3 nitrogen and oxygen atoms in total. The van der Waals surface area contributed by atoms with E-state index in [2.05, 4.69) is 0 Å². The summed E-state index contributed by atoms with van der Waals surface area (Å²) in [6, 6.07) is 9.64. The number of benzene rings is 1. The van der Waals surface area contributed by atoms with Crippen molar-refractivity contribution in [1.82, 2.24) is 0 Å². The number of carbonyl (C=O) groups is 2. The van der Waals surface area contributed by atoms with E-state index in [0.717, 1.165) is 4.90 Å². The maximum absolute atomic E-state index is 11.6. The SMILES string of the molecule is CC(=O)OC(C)C(=O)CSc1ccccc1. The van der Waals surface area contributed by atoms with Crippen LogP contribution in [0.2, 0.25) is 0 Å². The van der Waals surface area contributed by atoms with Gasteiger partial charge in [-0.2, -0.15) is 0 Å². The van der Waals surface area contributed by atoms with Crippen molar-refractivity contribution in [3.8, 4) is 0 Å². The maximum Gasteiger partial charge on any atom is 0.303 e. The smallest absolute Gasteiger partial charge is 0.303 e. The first-order chi connectivity index (χ1) is 7.59. The maximum atomic E-state index is 11.6. The summed E-state index contributed by atoms with van der Waals surface area (Å²) >= 11 is 1.44. The minimum atomic E-state index is -0.659. The topological polar surface area (TPSA) is 43.4 Å². The lowest BCUT2D eigenvalue weighted by Crippen LogP contribution is -2.24. The van der Waals surface area contributed by atoms with Crippen LogP contribution in [0.3, 0.4) is 0 Å². The summed E-state index contributed by atoms with van der Waals surface area (Å²) in [6.45, 7) is 2.89. The molecule has 1 unspecified atom stereocenters. The molecule has 0 aromatic heterocycles. The van der Waals surface area contributed by atoms with E-state index in [1.807, 2.05) is 30.3 Å². The van der Waals surface area contributed by atoms with Gasteiger partial charge in [0, 0.05) is 11.8 Å². The van der Waals surface area contributed by atoms with Gasteiger partial charge in [0.1, 0.15) is 0 Å². The molecule has 0 saturated carbocycles. The zero-order valence-corrected chi connectivity index (χ0v) is 10.1. The predicted molar refractivity (Wildman–Crippen MR) is 63.4 cm³/mol. The summed E-state index contributed by atoms with van der Waals surface area (Å²) in [5.41, 5.74) is 0. The third kappa shape index (κ3) is 4.49. The van der Waals surface area contributed by atoms with Crippen molar-refractivity contribution in [2.24, 2.45) is 0 Å². The fraction of sp³-hybridized carbons (Fsp3) is 0.333. The zero-order valence-electron chi connectivity index (χ0n) is 9.30. The Labute approximate surface area is 99.2 Å². The molecule has 1 atom stereocenters. The molecular formula is C12H14O3S. The third-order valence-electron chi connectivity index (χ3n) is 1.92. The number of hydrogen-bond acceptors (Lipinski definition) is 4. The normalized spacial score (nSPS) is 11.9. The third-order valence-corrected chi connectivity index (χ3v) is 2.95. The van der Waals surface area contributed by atoms with Gasteiger partial charge >= 0.3 is 5.97 Å². The molecule has 0 radical (unpaired) electrons. The second-order valence-electron chi connectivity index (χ2n) is 3.32. The van der Waals surface area contributed by atoms with Gasteiger partial charge in [-0.05, 0) is 19.1 Å². The van der Waals surface area contributed by atoms with Crippen LogP contribution in [0.15, 0.2) is 35.2 Å². The molecule has 16 heavy (non-hydrogen) atoms. The number of thioether (sulfide) groups is 1. The van der Waals surface area contributed by atoms with Gasteiger partial charge in [0.2, 0.25) is 0 Å². The standard InChI is InChI=1S/C12H14O3S/c1-9(15-10(2)13)12(14)8-16-11-6-4-3-5-7-11/h3-7,9H,8H2,1-2H3. The van der Waals surface area contributed by atoms with Crippen molar-refractivity contribution in [2.75, 3.05) is 5.75 Å². The van der Waals surface area contributed by atoms with Crippen molar-refractivity contribution >= 4 is 23.5 Å². The Morgan fingerprint density at radius 3 is 2.50 bits per heavy atom. The Kier molecular flexibility index (Phi) is 5.05. The van der Waals surface area contributed by atoms with Crippen LogP contribution in [0.4, 0.5) is 0 Å². The van der Waals surface area contributed by atoms with Crippen LogP contribution in [0.1, 0.15) is 13.8 Å². The van der Waals surface area contributed by atoms with Crippen LogP contribution in [-0.4, -0.2) is 23.6 Å². The fourth-order valence-electron chi connectivity index (χ4n) is 1.10. The number of esters is 1. The molecule has 1 rings (SSSR count). The average Bonchev–Trinajstić information content (AvgIpc) is 2.26. The van der Waals surface area contributed by atoms with Gasteiger partial charge in [-0.15, -0.1) is 11.8 Å². The van der Waals surface area contributed by atoms with E-state index >= 15 is 0 Å². The van der Waals surface area contributed by atoms with E-state index in [1.165, 1.54) is 18.7 Å². The molecule has 0 amide bonds. The number of Topliss-reactive ketones (excluding diaryl/α,β-unsaturated/α-hetero) is 1. The van der Waals surface area contributed by atoms with Gasteiger partial charge in [-0.3, -0.25) is 9.59 Å². The molecule has 0 spiro atoms. The lowest BCUT2D eigenvalue weighted by atomic mass is 10.3. The van der Waals surface area contributed by atoms with Crippen molar-refractivity contribution in [3.63, 3.8) is 0 Å². The Hall–Kier alpha value is -1.29. The second kappa shape index (κ2) is 6.33. The molecule has 0 aliphatic heterocycles. The lowest BCUT2D eigenvalue weighted by Gasteiger charge is -2.09. The molecule has 0 heterocycles. The largest absolute Gasteiger partial charge is 0.455 e. The Morgan fingerprint density at radius 1 is 1.31 bits per heavy atom. The molecule has 1 aromatic rings. The van der Waals surface area contributed by atoms with Crippen LogP contribution >= 0.6 is 11.8 Å². The van der Waals surface area contributed by atoms with Crippen LogP contribution in [0, 0.1) is 0 Å². The highest BCUT2D eigenvalue weighted by Gasteiger charge is 2.15. The van der Waals surface area contributed by atoms with Gasteiger partial charge in [0.15, 0.2) is 11.9 Å². The second-order valence-corrected chi connectivity index (χ2v) is 4.37. The molecule has 0 bridgehead atoms. The summed E-state index contributed by atoms with van der Waals surface area (Å²) in [7, 11) is 0. The monoisotopic (exact) mass is 238 g/mol. The van der Waals surface area contributed by atoms with E-state index in [1.54, 1.807) is 6.92 Å². The van der Waals surface area contributed by atoms with Gasteiger partial charge in [-0.1, -0.05) is 18.2 Å². The Morgan fingerprint density at radius 2 is 1.94 bits per heavy atom. The van der Waals surface area contributed by atoms with Gasteiger partial charge in [0.05, 0.1) is 5.75 Å². The molecule has 0 saturated heterocycles. The van der Waals surface area contributed by atoms with Crippen LogP contribution in [-0.2, 0) is 14.3 Å². The minimum absolute atomic E-state index is 0.0796. The van der Waals surface area contributed by atoms with Crippen molar-refractivity contribution < 1.29 is 14.3 Å². The quantitative estimate of drug-likeness (QED) is 0.583. The highest BCUT2D eigenvalue weighted by Crippen LogP contribution is 2.17. The van der Waals surface area contributed by atoms with Crippen LogP contribution in [0.25, 0.3) is 0 Å². The van der Waals surface area contributed by atoms with Crippen molar-refractivity contribution in [2.45, 2.75) is 24.8 Å². The van der Waals surface area contributed by atoms with E-state index in [4.69, 9.17) is 4.74 Å². The van der Waals surface area contributed by atoms with Crippen molar-refractivity contribution in [1.29, 1.82) is 0 Å². The number of rotatable bonds is 5. The molecule has 0 aliphatic carbocycles. The van der Waals surface area contributed by atoms with Crippen molar-refractivity contribution in [3.05, 3.63) is 30.3 Å². The lowest BCUT2D eigenvalue weighted by molar-refractivity contribution is -0.151. The number of ketones is 1. The number of hydrogen-bond donors (Lipinski definition) is 0. The predicted octanol–water partition coefficient (Wildman–Crippen LogP) is 2.30. The molecule has 0 fully saturated rings. The molecular weight excluding hydrogens is 224 g/mol. The first kappa shape index (κ1) is 12.8. The van der Waals surface area contributed by atoms with Crippen LogP contribution < -0.4 is 0 Å². The fourth-order valence-corrected chi connectivity index (χ4v) is 2.00. The first-order valence-corrected chi connectivity index (χ1v) is 5.96. The first-order valence-electron chi connectivity index (χ1n) is 4.97. The minimum Gasteiger partial charge on any atom is -0.455 e. The summed E-state index contributed by atoms with van der Waals surface area (Å²) in [6.07, 6.45) is -0.659. The number of ether oxygens (including phenoxy) is 1. The Bertz CT molecular complexity index is 362. The summed E-state index contributed by atoms with van der Waals surface area (Å²) in [4.78, 5) is 23.2. The van der Waals surface area contributed by atoms with E-state index in [-0.39, 0.29) is 5.78 Å². The van der Waals surface area contributed by atoms with Crippen LogP contribution in [0.5, 0.6) is 0 Å². The molecule has 86 valence electrons. The molecule has 1 aromatic carbocycles. The van der Waals surface area contributed by atoms with E-state index in [0.29, 0.717) is 5.75 Å². The van der Waals surface area contributed by atoms with Gasteiger partial charge in [-0.25, -0.2) is 0 Å². The summed E-state index contributed by atoms with van der Waals surface area (Å²) in [5.74, 6) is -0.187. The molecule has 4 heteroatoms. The zero-order chi connectivity index (χ0) is 12.0. The van der Waals surface area contributed by atoms with E-state index in [9.17, 15) is 9.59 Å². The average molecular weight is 238 g/mol. The van der Waals surface area contributed by atoms with Gasteiger partial charge in [0.25, 0.3) is 0 Å². The molecule has 0 aliphatic rings. The Balaban J connectivity index is 2.38. The highest BCUT2D eigenvalue weighted by molar-refractivity contribution is 8.00. The van der Waals surface area contributed by atoms with E-state index < -0.39 is 12.1 Å². The summed E-state index contributed by atoms with van der Waals surface area (Å²) in [5, 5.41) is 0.